The first-order valence-corrected chi connectivity index (χ1v) is 1.84. The first-order valence-electron chi connectivity index (χ1n) is 0.612. The quantitative estimate of drug-likeness (QED) is 0.336. The van der Waals surface area contributed by atoms with Gasteiger partial charge in [0.15, 0.2) is 0 Å². The largest absolute Gasteiger partial charge is 3.00 e. The van der Waals surface area contributed by atoms with Crippen molar-refractivity contribution in [2.24, 2.45) is 0 Å². The maximum absolute atomic E-state index is 8.52. The van der Waals surface area contributed by atoms with Crippen molar-refractivity contribution < 1.29 is 43.6 Å². The molecule has 7 heteroatoms. The monoisotopic (exact) mass is 166 g/mol. The average Bonchev–Trinajstić information content (AvgIpc) is 0.811. The minimum atomic E-state index is -3.63. The molecular weight excluding hydrogens is 166 g/mol. The molecule has 0 saturated heterocycles. The van der Waals surface area contributed by atoms with E-state index in [1.807, 2.05) is 0 Å². The van der Waals surface area contributed by atoms with Crippen LogP contribution in [0.5, 0.6) is 0 Å². The summed E-state index contributed by atoms with van der Waals surface area (Å²) in [7, 11) is -3.63. The Morgan fingerprint density at radius 2 is 1.29 bits per heavy atom. The summed E-state index contributed by atoms with van der Waals surface area (Å²) < 4.78 is 8.52. The Balaban J connectivity index is -0.0000000150. The predicted octanol–water partition coefficient (Wildman–Crippen LogP) is -6.64. The van der Waals surface area contributed by atoms with Crippen molar-refractivity contribution in [2.45, 2.75) is 0 Å². The van der Waals surface area contributed by atoms with Crippen LogP contribution in [-0.2, 0) is 4.46 Å². The van der Waals surface area contributed by atoms with Gasteiger partial charge in [-0.3, -0.25) is 0 Å². The fourth-order valence-electron chi connectivity index (χ4n) is 0. The molecule has 0 fully saturated rings. The Kier molecular flexibility index (Phi) is 51.3. The Morgan fingerprint density at radius 3 is 1.29 bits per heavy atom. The molecule has 0 amide bonds. The first-order chi connectivity index (χ1) is 1.73. The van der Waals surface area contributed by atoms with Crippen molar-refractivity contribution in [3.8, 4) is 0 Å². The molecule has 0 N–H and O–H groups in total. The minimum Gasteiger partial charge on any atom is -0.672 e. The van der Waals surface area contributed by atoms with Crippen molar-refractivity contribution in [3.63, 3.8) is 0 Å². The van der Waals surface area contributed by atoms with Crippen molar-refractivity contribution in [1.82, 2.24) is 0 Å². The van der Waals surface area contributed by atoms with Crippen LogP contribution in [-0.4, -0.2) is 64.3 Å². The number of hydrogen-bond donors (Lipinski definition) is 0. The van der Waals surface area contributed by atoms with Crippen LogP contribution in [0.3, 0.4) is 0 Å². The molecule has 0 aliphatic carbocycles. The van der Waals surface area contributed by atoms with Gasteiger partial charge >= 0.3 is 84.7 Å². The Hall–Kier alpha value is 2.41. The van der Waals surface area contributed by atoms with E-state index in [9.17, 15) is 0 Å². The van der Waals surface area contributed by atoms with Crippen LogP contribution in [0.15, 0.2) is 0 Å². The maximum atomic E-state index is 8.52. The standard InChI is InChI=1S/Al.Ca.Na.O3Si/c;;;1-4(2)3/q+3;+2;+1;-2. The van der Waals surface area contributed by atoms with Gasteiger partial charge in [-0.25, -0.2) is 0 Å². The molecule has 24 valence electrons. The summed E-state index contributed by atoms with van der Waals surface area (Å²) in [4.78, 5) is 17.0. The molecule has 0 aliphatic rings. The Morgan fingerprint density at radius 1 is 1.29 bits per heavy atom. The van der Waals surface area contributed by atoms with E-state index < -0.39 is 9.17 Å². The van der Waals surface area contributed by atoms with Gasteiger partial charge in [-0.1, -0.05) is 0 Å². The van der Waals surface area contributed by atoms with Gasteiger partial charge in [0.05, 0.1) is 0 Å². The van der Waals surface area contributed by atoms with Crippen LogP contribution in [0.4, 0.5) is 0 Å². The van der Waals surface area contributed by atoms with Gasteiger partial charge in [-0.2, -0.15) is 0 Å². The third-order valence-corrected chi connectivity index (χ3v) is 0. The van der Waals surface area contributed by atoms with E-state index in [4.69, 9.17) is 14.1 Å². The molecule has 0 atom stereocenters. The van der Waals surface area contributed by atoms with E-state index in [-0.39, 0.29) is 84.7 Å². The summed E-state index contributed by atoms with van der Waals surface area (Å²) in [6, 6.07) is 0. The van der Waals surface area contributed by atoms with Gasteiger partial charge in [0.25, 0.3) is 0 Å². The zero-order chi connectivity index (χ0) is 3.58. The number of rotatable bonds is 0. The molecule has 7 heavy (non-hydrogen) atoms. The van der Waals surface area contributed by atoms with Crippen LogP contribution >= 0.6 is 0 Å². The van der Waals surface area contributed by atoms with Crippen molar-refractivity contribution in [2.75, 3.05) is 0 Å². The van der Waals surface area contributed by atoms with E-state index in [0.29, 0.717) is 0 Å². The molecule has 0 unspecified atom stereocenters. The van der Waals surface area contributed by atoms with Gasteiger partial charge in [-0.05, 0) is 0 Å². The summed E-state index contributed by atoms with van der Waals surface area (Å²) in [6.07, 6.45) is 0. The summed E-state index contributed by atoms with van der Waals surface area (Å²) in [5.74, 6) is 0. The SMILES string of the molecule is O=[Si]([O-])[O-].[Al+3].[Ca+2].[Na+]. The molecule has 0 aromatic carbocycles. The van der Waals surface area contributed by atoms with E-state index in [1.54, 1.807) is 0 Å². The molecule has 0 saturated carbocycles. The van der Waals surface area contributed by atoms with Crippen LogP contribution in [0.2, 0.25) is 0 Å². The van der Waals surface area contributed by atoms with Crippen LogP contribution in [0.25, 0.3) is 0 Å². The zero-order valence-corrected chi connectivity index (χ0v) is 10.4. The first kappa shape index (κ1) is 22.7. The van der Waals surface area contributed by atoms with Gasteiger partial charge < -0.3 is 14.1 Å². The molecule has 0 rings (SSSR count). The van der Waals surface area contributed by atoms with E-state index in [0.717, 1.165) is 0 Å². The number of hydrogen-bond acceptors (Lipinski definition) is 3. The van der Waals surface area contributed by atoms with Crippen molar-refractivity contribution >= 4 is 64.3 Å². The zero-order valence-electron chi connectivity index (χ0n) is 4.01. The van der Waals surface area contributed by atoms with Crippen LogP contribution < -0.4 is 39.1 Å². The molecule has 3 nitrogen and oxygen atoms in total. The summed E-state index contributed by atoms with van der Waals surface area (Å²) in [5, 5.41) is 0. The summed E-state index contributed by atoms with van der Waals surface area (Å²) >= 11 is 0. The third-order valence-electron chi connectivity index (χ3n) is 0. The topological polar surface area (TPSA) is 63.2 Å². The maximum Gasteiger partial charge on any atom is 3.00 e. The van der Waals surface area contributed by atoms with Crippen LogP contribution in [0, 0.1) is 0 Å². The molecule has 0 spiro atoms. The Bertz CT molecular complexity index is 37.9. The molecule has 0 bridgehead atoms. The van der Waals surface area contributed by atoms with Gasteiger partial charge in [0, 0.05) is 9.17 Å². The third kappa shape index (κ3) is 59.5. The fourth-order valence-corrected chi connectivity index (χ4v) is 0. The van der Waals surface area contributed by atoms with Crippen molar-refractivity contribution in [1.29, 1.82) is 0 Å². The molecule has 0 heterocycles. The average molecular weight is 166 g/mol. The molecule has 0 aromatic rings. The normalized spacial score (nSPS) is 3.43. The smallest absolute Gasteiger partial charge is 0.672 e. The van der Waals surface area contributed by atoms with E-state index >= 15 is 0 Å². The molecular formula is AlCaNaO3Si+4. The second-order valence-electron chi connectivity index (χ2n) is 0.250. The molecule has 0 radical (unpaired) electrons. The van der Waals surface area contributed by atoms with Gasteiger partial charge in [-0.15, -0.1) is 0 Å². The minimum absolute atomic E-state index is 0. The predicted molar refractivity (Wildman–Crippen MR) is 17.9 cm³/mol. The molecule has 0 aliphatic heterocycles. The van der Waals surface area contributed by atoms with Gasteiger partial charge in [0.1, 0.15) is 0 Å². The second kappa shape index (κ2) is 15.8. The van der Waals surface area contributed by atoms with Crippen molar-refractivity contribution in [3.05, 3.63) is 0 Å². The fraction of sp³-hybridized carbons (Fsp3) is 0. The summed E-state index contributed by atoms with van der Waals surface area (Å²) in [6.45, 7) is 0. The van der Waals surface area contributed by atoms with E-state index in [1.165, 1.54) is 0 Å². The Labute approximate surface area is 106 Å². The summed E-state index contributed by atoms with van der Waals surface area (Å²) in [5.41, 5.74) is 0. The van der Waals surface area contributed by atoms with E-state index in [2.05, 4.69) is 0 Å². The molecule has 0 aromatic heterocycles. The second-order valence-corrected chi connectivity index (χ2v) is 0.750. The van der Waals surface area contributed by atoms with Gasteiger partial charge in [0.2, 0.25) is 0 Å². The van der Waals surface area contributed by atoms with Crippen LogP contribution in [0.1, 0.15) is 0 Å².